The minimum absolute atomic E-state index is 0.598. The van der Waals surface area contributed by atoms with Gasteiger partial charge < -0.3 is 10.3 Å². The van der Waals surface area contributed by atoms with Crippen molar-refractivity contribution in [1.82, 2.24) is 15.2 Å². The fourth-order valence-corrected chi connectivity index (χ4v) is 4.63. The number of hydrogen-bond donors (Lipinski definition) is 2. The summed E-state index contributed by atoms with van der Waals surface area (Å²) in [5, 5.41) is 4.95. The van der Waals surface area contributed by atoms with Gasteiger partial charge in [0.25, 0.3) is 0 Å². The third kappa shape index (κ3) is 2.46. The minimum atomic E-state index is 0.598. The van der Waals surface area contributed by atoms with E-state index in [1.54, 1.807) is 5.56 Å². The Morgan fingerprint density at radius 2 is 1.82 bits per heavy atom. The van der Waals surface area contributed by atoms with Gasteiger partial charge in [-0.3, -0.25) is 4.90 Å². The van der Waals surface area contributed by atoms with Crippen molar-refractivity contribution in [2.45, 2.75) is 38.6 Å². The number of nitrogens with one attached hydrogen (secondary N) is 2. The highest BCUT2D eigenvalue weighted by molar-refractivity contribution is 5.85. The monoisotopic (exact) mass is 297 g/mol. The summed E-state index contributed by atoms with van der Waals surface area (Å²) < 4.78 is 0. The number of rotatable bonds is 3. The quantitative estimate of drug-likeness (QED) is 0.906. The van der Waals surface area contributed by atoms with Gasteiger partial charge in [-0.25, -0.2) is 0 Å². The zero-order valence-electron chi connectivity index (χ0n) is 13.6. The van der Waals surface area contributed by atoms with Gasteiger partial charge in [0.1, 0.15) is 0 Å². The van der Waals surface area contributed by atoms with Crippen molar-refractivity contribution >= 4 is 10.9 Å². The van der Waals surface area contributed by atoms with Crippen LogP contribution in [0.3, 0.4) is 0 Å². The molecule has 0 amide bonds. The van der Waals surface area contributed by atoms with E-state index in [4.69, 9.17) is 0 Å². The molecule has 4 rings (SSSR count). The smallest absolute Gasteiger partial charge is 0.0459 e. The van der Waals surface area contributed by atoms with Crippen LogP contribution >= 0.6 is 0 Å². The second-order valence-electron chi connectivity index (χ2n) is 6.98. The van der Waals surface area contributed by atoms with E-state index in [9.17, 15) is 0 Å². The van der Waals surface area contributed by atoms with E-state index < -0.39 is 0 Å². The summed E-state index contributed by atoms with van der Waals surface area (Å²) in [6.07, 6.45) is 5.62. The van der Waals surface area contributed by atoms with Crippen LogP contribution in [0, 0.1) is 12.8 Å². The van der Waals surface area contributed by atoms with Gasteiger partial charge >= 0.3 is 0 Å². The van der Waals surface area contributed by atoms with Crippen molar-refractivity contribution in [3.8, 4) is 0 Å². The number of aromatic nitrogens is 1. The molecule has 1 saturated heterocycles. The SMILES string of the molecule is Cc1[nH]c2ccccc2c1[C@@H](C1CCCC1)N1CCNCC1. The molecule has 2 fully saturated rings. The Bertz CT molecular complexity index is 633. The Hall–Kier alpha value is -1.32. The molecule has 2 aliphatic rings. The van der Waals surface area contributed by atoms with Crippen LogP contribution in [0.5, 0.6) is 0 Å². The highest BCUT2D eigenvalue weighted by atomic mass is 15.2. The van der Waals surface area contributed by atoms with Crippen LogP contribution in [0.2, 0.25) is 0 Å². The standard InChI is InChI=1S/C19H27N3/c1-14-18(16-8-4-5-9-17(16)21-14)19(15-6-2-3-7-15)22-12-10-20-11-13-22/h4-5,8-9,15,19-21H,2-3,6-7,10-13H2,1H3/t19-/m1/s1. The first-order valence-electron chi connectivity index (χ1n) is 8.86. The number of hydrogen-bond acceptors (Lipinski definition) is 2. The average molecular weight is 297 g/mol. The molecule has 0 radical (unpaired) electrons. The lowest BCUT2D eigenvalue weighted by atomic mass is 9.88. The fraction of sp³-hybridized carbons (Fsp3) is 0.579. The molecule has 0 unspecified atom stereocenters. The second-order valence-corrected chi connectivity index (χ2v) is 6.98. The minimum Gasteiger partial charge on any atom is -0.358 e. The first kappa shape index (κ1) is 14.3. The highest BCUT2D eigenvalue weighted by Gasteiger charge is 2.34. The normalized spacial score (nSPS) is 22.4. The van der Waals surface area contributed by atoms with E-state index in [1.807, 2.05) is 0 Å². The summed E-state index contributed by atoms with van der Waals surface area (Å²) in [7, 11) is 0. The third-order valence-electron chi connectivity index (χ3n) is 5.63. The topological polar surface area (TPSA) is 31.1 Å². The van der Waals surface area contributed by atoms with Gasteiger partial charge in [0.15, 0.2) is 0 Å². The number of para-hydroxylation sites is 1. The molecule has 1 atom stereocenters. The molecule has 1 saturated carbocycles. The predicted octanol–water partition coefficient (Wildman–Crippen LogP) is 3.61. The number of aromatic amines is 1. The predicted molar refractivity (Wildman–Crippen MR) is 92.2 cm³/mol. The maximum Gasteiger partial charge on any atom is 0.0459 e. The van der Waals surface area contributed by atoms with E-state index in [0.29, 0.717) is 6.04 Å². The summed E-state index contributed by atoms with van der Waals surface area (Å²) in [4.78, 5) is 6.37. The number of fused-ring (bicyclic) bond motifs is 1. The van der Waals surface area contributed by atoms with Crippen molar-refractivity contribution in [3.05, 3.63) is 35.5 Å². The molecule has 2 heterocycles. The molecular formula is C19H27N3. The van der Waals surface area contributed by atoms with Gasteiger partial charge in [-0.2, -0.15) is 0 Å². The van der Waals surface area contributed by atoms with Crippen LogP contribution < -0.4 is 5.32 Å². The molecule has 1 aliphatic heterocycles. The summed E-state index contributed by atoms with van der Waals surface area (Å²) in [6.45, 7) is 6.88. The van der Waals surface area contributed by atoms with Crippen molar-refractivity contribution in [2.24, 2.45) is 5.92 Å². The van der Waals surface area contributed by atoms with Crippen molar-refractivity contribution < 1.29 is 0 Å². The van der Waals surface area contributed by atoms with E-state index in [0.717, 1.165) is 19.0 Å². The van der Waals surface area contributed by atoms with Crippen LogP contribution in [0.15, 0.2) is 24.3 Å². The van der Waals surface area contributed by atoms with Gasteiger partial charge in [-0.15, -0.1) is 0 Å². The molecule has 22 heavy (non-hydrogen) atoms. The Kier molecular flexibility index (Phi) is 3.93. The van der Waals surface area contributed by atoms with E-state index in [2.05, 4.69) is 46.4 Å². The zero-order valence-corrected chi connectivity index (χ0v) is 13.6. The molecular weight excluding hydrogens is 270 g/mol. The Morgan fingerprint density at radius 3 is 2.59 bits per heavy atom. The molecule has 118 valence electrons. The molecule has 3 heteroatoms. The highest BCUT2D eigenvalue weighted by Crippen LogP contribution is 2.43. The molecule has 3 nitrogen and oxygen atoms in total. The Labute approximate surface area is 133 Å². The fourth-order valence-electron chi connectivity index (χ4n) is 4.63. The third-order valence-corrected chi connectivity index (χ3v) is 5.63. The van der Waals surface area contributed by atoms with Gasteiger partial charge in [0, 0.05) is 48.8 Å². The first-order valence-corrected chi connectivity index (χ1v) is 8.86. The summed E-state index contributed by atoms with van der Waals surface area (Å²) in [6, 6.07) is 9.44. The molecule has 0 spiro atoms. The summed E-state index contributed by atoms with van der Waals surface area (Å²) >= 11 is 0. The van der Waals surface area contributed by atoms with Gasteiger partial charge in [0.2, 0.25) is 0 Å². The van der Waals surface area contributed by atoms with Crippen LogP contribution in [0.1, 0.15) is 43.0 Å². The maximum atomic E-state index is 3.63. The number of benzene rings is 1. The van der Waals surface area contributed by atoms with Crippen LogP contribution in [0.4, 0.5) is 0 Å². The van der Waals surface area contributed by atoms with Gasteiger partial charge in [0.05, 0.1) is 0 Å². The lowest BCUT2D eigenvalue weighted by Gasteiger charge is -2.39. The van der Waals surface area contributed by atoms with E-state index in [-0.39, 0.29) is 0 Å². The molecule has 1 aromatic carbocycles. The van der Waals surface area contributed by atoms with Crippen LogP contribution in [0.25, 0.3) is 10.9 Å². The van der Waals surface area contributed by atoms with E-state index >= 15 is 0 Å². The first-order chi connectivity index (χ1) is 10.8. The molecule has 2 N–H and O–H groups in total. The summed E-state index contributed by atoms with van der Waals surface area (Å²) in [5.41, 5.74) is 4.24. The lowest BCUT2D eigenvalue weighted by molar-refractivity contribution is 0.126. The summed E-state index contributed by atoms with van der Waals surface area (Å²) in [5.74, 6) is 0.830. The van der Waals surface area contributed by atoms with Crippen molar-refractivity contribution in [1.29, 1.82) is 0 Å². The molecule has 1 aromatic heterocycles. The van der Waals surface area contributed by atoms with Gasteiger partial charge in [-0.05, 0) is 37.3 Å². The molecule has 1 aliphatic carbocycles. The number of H-pyrrole nitrogens is 1. The number of piperazine rings is 1. The van der Waals surface area contributed by atoms with Crippen LogP contribution in [-0.2, 0) is 0 Å². The molecule has 2 aromatic rings. The molecule has 0 bridgehead atoms. The average Bonchev–Trinajstić information content (AvgIpc) is 3.18. The Morgan fingerprint density at radius 1 is 1.09 bits per heavy atom. The van der Waals surface area contributed by atoms with Gasteiger partial charge in [-0.1, -0.05) is 31.0 Å². The van der Waals surface area contributed by atoms with E-state index in [1.165, 1.54) is 55.4 Å². The van der Waals surface area contributed by atoms with Crippen molar-refractivity contribution in [2.75, 3.05) is 26.2 Å². The largest absolute Gasteiger partial charge is 0.358 e. The zero-order chi connectivity index (χ0) is 14.9. The van der Waals surface area contributed by atoms with Crippen molar-refractivity contribution in [3.63, 3.8) is 0 Å². The second kappa shape index (κ2) is 6.05. The van der Waals surface area contributed by atoms with Crippen LogP contribution in [-0.4, -0.2) is 36.1 Å². The Balaban J connectivity index is 1.79. The number of aryl methyl sites for hydroxylation is 1. The lowest BCUT2D eigenvalue weighted by Crippen LogP contribution is -2.46. The number of nitrogens with zero attached hydrogens (tertiary/aromatic N) is 1. The maximum absolute atomic E-state index is 3.63.